The lowest BCUT2D eigenvalue weighted by Gasteiger charge is -2.09. The van der Waals surface area contributed by atoms with Gasteiger partial charge in [-0.3, -0.25) is 0 Å². The van der Waals surface area contributed by atoms with Crippen LogP contribution in [0.1, 0.15) is 18.4 Å². The standard InChI is InChI=1S/C12H14N2O/c1-14-7-10(12(8-15)4-5-12)9-3-2-6-13-11(9)14/h2-3,6-7,15H,4-5,8H2,1H3. The minimum absolute atomic E-state index is 0.0303. The van der Waals surface area contributed by atoms with Crippen LogP contribution in [-0.2, 0) is 12.5 Å². The van der Waals surface area contributed by atoms with E-state index < -0.39 is 0 Å². The SMILES string of the molecule is Cn1cc(C2(CO)CC2)c2cccnc21. The molecule has 3 rings (SSSR count). The van der Waals surface area contributed by atoms with Crippen LogP contribution in [-0.4, -0.2) is 21.3 Å². The lowest BCUT2D eigenvalue weighted by Crippen LogP contribution is -2.11. The Hall–Kier alpha value is -1.35. The highest BCUT2D eigenvalue weighted by atomic mass is 16.3. The zero-order valence-corrected chi connectivity index (χ0v) is 8.77. The zero-order valence-electron chi connectivity index (χ0n) is 8.77. The summed E-state index contributed by atoms with van der Waals surface area (Å²) in [5.41, 5.74) is 2.30. The second-order valence-corrected chi connectivity index (χ2v) is 4.47. The number of aliphatic hydroxyl groups is 1. The first-order chi connectivity index (χ1) is 7.27. The van der Waals surface area contributed by atoms with Gasteiger partial charge in [-0.25, -0.2) is 4.98 Å². The van der Waals surface area contributed by atoms with Gasteiger partial charge in [0.2, 0.25) is 0 Å². The fourth-order valence-electron chi connectivity index (χ4n) is 2.30. The van der Waals surface area contributed by atoms with Crippen LogP contribution in [0.3, 0.4) is 0 Å². The van der Waals surface area contributed by atoms with E-state index in [1.807, 2.05) is 23.9 Å². The largest absolute Gasteiger partial charge is 0.395 e. The number of hydrogen-bond acceptors (Lipinski definition) is 2. The maximum atomic E-state index is 9.45. The van der Waals surface area contributed by atoms with E-state index in [0.29, 0.717) is 0 Å². The first-order valence-corrected chi connectivity index (χ1v) is 5.28. The lowest BCUT2D eigenvalue weighted by molar-refractivity contribution is 0.255. The monoisotopic (exact) mass is 202 g/mol. The molecule has 2 aromatic rings. The van der Waals surface area contributed by atoms with Crippen LogP contribution < -0.4 is 0 Å². The highest BCUT2D eigenvalue weighted by Crippen LogP contribution is 2.50. The van der Waals surface area contributed by atoms with Gasteiger partial charge in [0.1, 0.15) is 5.65 Å². The normalized spacial score (nSPS) is 18.3. The minimum atomic E-state index is 0.0303. The van der Waals surface area contributed by atoms with E-state index in [4.69, 9.17) is 0 Å². The predicted octanol–water partition coefficient (Wildman–Crippen LogP) is 1.60. The fraction of sp³-hybridized carbons (Fsp3) is 0.417. The molecular weight excluding hydrogens is 188 g/mol. The van der Waals surface area contributed by atoms with Crippen LogP contribution >= 0.6 is 0 Å². The molecule has 78 valence electrons. The number of aromatic nitrogens is 2. The summed E-state index contributed by atoms with van der Waals surface area (Å²) < 4.78 is 2.04. The molecule has 0 aromatic carbocycles. The Kier molecular flexibility index (Phi) is 1.68. The molecule has 3 nitrogen and oxygen atoms in total. The van der Waals surface area contributed by atoms with Crippen molar-refractivity contribution in [2.75, 3.05) is 6.61 Å². The average Bonchev–Trinajstić information content (AvgIpc) is 3.00. The molecule has 3 heteroatoms. The van der Waals surface area contributed by atoms with Crippen LogP contribution in [0.15, 0.2) is 24.5 Å². The van der Waals surface area contributed by atoms with Gasteiger partial charge in [0.15, 0.2) is 0 Å². The van der Waals surface area contributed by atoms with E-state index in [0.717, 1.165) is 18.5 Å². The van der Waals surface area contributed by atoms with Crippen molar-refractivity contribution in [3.63, 3.8) is 0 Å². The number of fused-ring (bicyclic) bond motifs is 1. The van der Waals surface area contributed by atoms with Crippen LogP contribution in [0.5, 0.6) is 0 Å². The van der Waals surface area contributed by atoms with Crippen LogP contribution in [0, 0.1) is 0 Å². The molecule has 2 aromatic heterocycles. The van der Waals surface area contributed by atoms with Crippen molar-refractivity contribution in [3.05, 3.63) is 30.1 Å². The van der Waals surface area contributed by atoms with Gasteiger partial charge >= 0.3 is 0 Å². The second kappa shape index (κ2) is 2.83. The second-order valence-electron chi connectivity index (χ2n) is 4.47. The summed E-state index contributed by atoms with van der Waals surface area (Å²) in [6, 6.07) is 4.05. The minimum Gasteiger partial charge on any atom is -0.395 e. The van der Waals surface area contributed by atoms with Crippen LogP contribution in [0.25, 0.3) is 11.0 Å². The number of pyridine rings is 1. The first kappa shape index (κ1) is 8.92. The first-order valence-electron chi connectivity index (χ1n) is 5.28. The van der Waals surface area contributed by atoms with Gasteiger partial charge in [-0.15, -0.1) is 0 Å². The molecule has 0 atom stereocenters. The van der Waals surface area contributed by atoms with E-state index in [1.54, 1.807) is 0 Å². The maximum absolute atomic E-state index is 9.45. The summed E-state index contributed by atoms with van der Waals surface area (Å²) in [5, 5.41) is 10.6. The van der Waals surface area contributed by atoms with Gasteiger partial charge < -0.3 is 9.67 Å². The topological polar surface area (TPSA) is 38.0 Å². The van der Waals surface area contributed by atoms with E-state index in [2.05, 4.69) is 17.2 Å². The highest BCUT2D eigenvalue weighted by molar-refractivity contribution is 5.82. The average molecular weight is 202 g/mol. The molecule has 0 radical (unpaired) electrons. The highest BCUT2D eigenvalue weighted by Gasteiger charge is 2.45. The molecule has 0 aliphatic heterocycles. The maximum Gasteiger partial charge on any atom is 0.139 e. The van der Waals surface area contributed by atoms with Crippen molar-refractivity contribution in [1.29, 1.82) is 0 Å². The van der Waals surface area contributed by atoms with E-state index in [9.17, 15) is 5.11 Å². The molecule has 1 N–H and O–H groups in total. The van der Waals surface area contributed by atoms with Crippen molar-refractivity contribution in [1.82, 2.24) is 9.55 Å². The Bertz CT molecular complexity index is 511. The third-order valence-electron chi connectivity index (χ3n) is 3.46. The van der Waals surface area contributed by atoms with Gasteiger partial charge in [-0.1, -0.05) is 0 Å². The Morgan fingerprint density at radius 3 is 3.00 bits per heavy atom. The molecule has 1 aliphatic rings. The Balaban J connectivity index is 2.28. The van der Waals surface area contributed by atoms with Gasteiger partial charge in [-0.2, -0.15) is 0 Å². The van der Waals surface area contributed by atoms with Gasteiger partial charge in [-0.05, 0) is 30.5 Å². The molecule has 0 amide bonds. The molecular formula is C12H14N2O. The van der Waals surface area contributed by atoms with Gasteiger partial charge in [0.25, 0.3) is 0 Å². The molecule has 0 saturated heterocycles. The summed E-state index contributed by atoms with van der Waals surface area (Å²) in [6.45, 7) is 0.251. The summed E-state index contributed by atoms with van der Waals surface area (Å²) >= 11 is 0. The molecule has 2 heterocycles. The van der Waals surface area contributed by atoms with E-state index in [1.165, 1.54) is 10.9 Å². The van der Waals surface area contributed by atoms with Crippen molar-refractivity contribution >= 4 is 11.0 Å². The van der Waals surface area contributed by atoms with Crippen molar-refractivity contribution in [3.8, 4) is 0 Å². The summed E-state index contributed by atoms with van der Waals surface area (Å²) in [7, 11) is 2.01. The molecule has 15 heavy (non-hydrogen) atoms. The Labute approximate surface area is 88.4 Å². The third kappa shape index (κ3) is 1.13. The molecule has 0 bridgehead atoms. The quantitative estimate of drug-likeness (QED) is 0.803. The molecule has 1 saturated carbocycles. The van der Waals surface area contributed by atoms with Crippen molar-refractivity contribution in [2.24, 2.45) is 7.05 Å². The molecule has 1 aliphatic carbocycles. The predicted molar refractivity (Wildman–Crippen MR) is 58.7 cm³/mol. The molecule has 0 unspecified atom stereocenters. The molecule has 1 fully saturated rings. The molecule has 0 spiro atoms. The lowest BCUT2D eigenvalue weighted by atomic mass is 9.97. The van der Waals surface area contributed by atoms with Crippen LogP contribution in [0.2, 0.25) is 0 Å². The summed E-state index contributed by atoms with van der Waals surface area (Å²) in [5.74, 6) is 0. The third-order valence-corrected chi connectivity index (χ3v) is 3.46. The number of hydrogen-bond donors (Lipinski definition) is 1. The number of nitrogens with zero attached hydrogens (tertiary/aromatic N) is 2. The van der Waals surface area contributed by atoms with Gasteiger partial charge in [0, 0.05) is 30.2 Å². The van der Waals surface area contributed by atoms with Gasteiger partial charge in [0.05, 0.1) is 6.61 Å². The van der Waals surface area contributed by atoms with E-state index >= 15 is 0 Å². The summed E-state index contributed by atoms with van der Waals surface area (Å²) in [6.07, 6.45) is 6.11. The van der Waals surface area contributed by atoms with Crippen molar-refractivity contribution < 1.29 is 5.11 Å². The number of rotatable bonds is 2. The Morgan fingerprint density at radius 2 is 2.33 bits per heavy atom. The van der Waals surface area contributed by atoms with Crippen molar-refractivity contribution in [2.45, 2.75) is 18.3 Å². The number of aryl methyl sites for hydroxylation is 1. The Morgan fingerprint density at radius 1 is 1.53 bits per heavy atom. The number of aliphatic hydroxyl groups excluding tert-OH is 1. The zero-order chi connectivity index (χ0) is 10.5. The van der Waals surface area contributed by atoms with Crippen LogP contribution in [0.4, 0.5) is 0 Å². The fourth-order valence-corrected chi connectivity index (χ4v) is 2.30. The van der Waals surface area contributed by atoms with E-state index in [-0.39, 0.29) is 12.0 Å². The smallest absolute Gasteiger partial charge is 0.139 e. The summed E-state index contributed by atoms with van der Waals surface area (Å²) in [4.78, 5) is 4.36.